The Kier molecular flexibility index (Phi) is 4.87. The van der Waals surface area contributed by atoms with E-state index < -0.39 is 10.8 Å². The summed E-state index contributed by atoms with van der Waals surface area (Å²) in [4.78, 5) is 0. The monoisotopic (exact) mass is 271 g/mol. The van der Waals surface area contributed by atoms with E-state index in [1.165, 1.54) is 44.9 Å². The molecule has 0 bridgehead atoms. The molecule has 0 aromatic carbocycles. The van der Waals surface area contributed by atoms with Crippen LogP contribution in [0.2, 0.25) is 0 Å². The van der Waals surface area contributed by atoms with Gasteiger partial charge in [0.15, 0.2) is 0 Å². The van der Waals surface area contributed by atoms with Crippen molar-refractivity contribution < 1.29 is 4.21 Å². The number of hydrogen-bond donors (Lipinski definition) is 1. The van der Waals surface area contributed by atoms with Crippen molar-refractivity contribution in [1.29, 1.82) is 0 Å². The maximum atomic E-state index is 12.9. The van der Waals surface area contributed by atoms with Gasteiger partial charge in [-0.05, 0) is 44.6 Å². The molecule has 0 heterocycles. The molecule has 1 N–H and O–H groups in total. The van der Waals surface area contributed by atoms with Crippen molar-refractivity contribution in [2.75, 3.05) is 7.05 Å². The summed E-state index contributed by atoms with van der Waals surface area (Å²) in [7, 11) is 1.40. The third-order valence-corrected chi connectivity index (χ3v) is 7.11. The van der Waals surface area contributed by atoms with E-state index in [-0.39, 0.29) is 0 Å². The van der Waals surface area contributed by atoms with E-state index in [4.69, 9.17) is 0 Å². The molecule has 3 heteroatoms. The van der Waals surface area contributed by atoms with Crippen LogP contribution in [0.3, 0.4) is 0 Å². The van der Waals surface area contributed by atoms with E-state index in [0.29, 0.717) is 22.0 Å². The van der Waals surface area contributed by atoms with Gasteiger partial charge < -0.3 is 5.32 Å². The lowest BCUT2D eigenvalue weighted by molar-refractivity contribution is 0.215. The highest BCUT2D eigenvalue weighted by atomic mass is 32.2. The van der Waals surface area contributed by atoms with E-state index in [0.717, 1.165) is 6.42 Å². The van der Waals surface area contributed by atoms with E-state index in [2.05, 4.69) is 19.2 Å². The minimum absolute atomic E-state index is 0.377. The van der Waals surface area contributed by atoms with Crippen LogP contribution in [0.25, 0.3) is 0 Å². The first kappa shape index (κ1) is 14.5. The topological polar surface area (TPSA) is 29.1 Å². The number of rotatable bonds is 3. The predicted octanol–water partition coefficient (Wildman–Crippen LogP) is 3.23. The summed E-state index contributed by atoms with van der Waals surface area (Å²) < 4.78 is 12.9. The Bertz CT molecular complexity index is 297. The molecule has 2 aliphatic carbocycles. The van der Waals surface area contributed by atoms with Crippen molar-refractivity contribution in [3.05, 3.63) is 0 Å². The van der Waals surface area contributed by atoms with Crippen molar-refractivity contribution in [2.45, 2.75) is 81.8 Å². The Balaban J connectivity index is 2.04. The zero-order valence-electron chi connectivity index (χ0n) is 12.2. The molecule has 0 amide bonds. The van der Waals surface area contributed by atoms with Crippen molar-refractivity contribution >= 4 is 10.8 Å². The summed E-state index contributed by atoms with van der Waals surface area (Å²) in [5, 5.41) is 4.28. The van der Waals surface area contributed by atoms with E-state index in [9.17, 15) is 4.21 Å². The van der Waals surface area contributed by atoms with Crippen LogP contribution in [0.4, 0.5) is 0 Å². The lowest BCUT2D eigenvalue weighted by Crippen LogP contribution is -2.49. The van der Waals surface area contributed by atoms with Crippen LogP contribution in [-0.2, 0) is 10.8 Å². The first-order valence-electron chi connectivity index (χ1n) is 7.60. The standard InChI is InChI=1S/C15H29NOS/c1-15(2)10-9-13(16-3)14(11-15)18(17)12-7-5-4-6-8-12/h12-14,16H,4-11H2,1-3H3. The predicted molar refractivity (Wildman–Crippen MR) is 79.3 cm³/mol. The fourth-order valence-electron chi connectivity index (χ4n) is 3.64. The molecule has 0 radical (unpaired) electrons. The molecular formula is C15H29NOS. The second kappa shape index (κ2) is 6.04. The molecule has 2 saturated carbocycles. The maximum absolute atomic E-state index is 12.9. The molecule has 18 heavy (non-hydrogen) atoms. The van der Waals surface area contributed by atoms with Crippen LogP contribution in [-0.4, -0.2) is 27.8 Å². The van der Waals surface area contributed by atoms with Gasteiger partial charge in [-0.3, -0.25) is 4.21 Å². The van der Waals surface area contributed by atoms with Crippen molar-refractivity contribution in [2.24, 2.45) is 5.41 Å². The lowest BCUT2D eigenvalue weighted by atomic mass is 9.75. The van der Waals surface area contributed by atoms with Crippen LogP contribution < -0.4 is 5.32 Å². The zero-order chi connectivity index (χ0) is 13.2. The molecule has 2 rings (SSSR count). The normalized spacial score (nSPS) is 35.3. The summed E-state index contributed by atoms with van der Waals surface area (Å²) in [6.45, 7) is 4.67. The molecule has 3 unspecified atom stereocenters. The number of hydrogen-bond acceptors (Lipinski definition) is 2. The highest BCUT2D eigenvalue weighted by molar-refractivity contribution is 7.86. The minimum atomic E-state index is -0.632. The Labute approximate surface area is 115 Å². The van der Waals surface area contributed by atoms with Crippen molar-refractivity contribution in [3.8, 4) is 0 Å². The summed E-state index contributed by atoms with van der Waals surface area (Å²) in [5.74, 6) is 0. The summed E-state index contributed by atoms with van der Waals surface area (Å²) >= 11 is 0. The molecule has 2 aliphatic rings. The maximum Gasteiger partial charge on any atom is 0.0509 e. The fourth-order valence-corrected chi connectivity index (χ4v) is 6.14. The smallest absolute Gasteiger partial charge is 0.0509 e. The molecule has 0 aliphatic heterocycles. The Morgan fingerprint density at radius 1 is 1.11 bits per heavy atom. The van der Waals surface area contributed by atoms with Crippen molar-refractivity contribution in [3.63, 3.8) is 0 Å². The average Bonchev–Trinajstić information content (AvgIpc) is 2.38. The quantitative estimate of drug-likeness (QED) is 0.854. The summed E-state index contributed by atoms with van der Waals surface area (Å²) in [6, 6.07) is 0.473. The molecule has 3 atom stereocenters. The summed E-state index contributed by atoms with van der Waals surface area (Å²) in [6.07, 6.45) is 9.89. The van der Waals surface area contributed by atoms with Gasteiger partial charge in [-0.1, -0.05) is 33.1 Å². The van der Waals surface area contributed by atoms with Gasteiger partial charge in [-0.25, -0.2) is 0 Å². The second-order valence-corrected chi connectivity index (χ2v) is 8.86. The van der Waals surface area contributed by atoms with Crippen LogP contribution in [0.1, 0.15) is 65.2 Å². The zero-order valence-corrected chi connectivity index (χ0v) is 13.0. The molecule has 106 valence electrons. The van der Waals surface area contributed by atoms with Crippen LogP contribution in [0.5, 0.6) is 0 Å². The van der Waals surface area contributed by atoms with Gasteiger partial charge in [0.1, 0.15) is 0 Å². The van der Waals surface area contributed by atoms with Gasteiger partial charge in [0.2, 0.25) is 0 Å². The van der Waals surface area contributed by atoms with Crippen molar-refractivity contribution in [1.82, 2.24) is 5.32 Å². The Hall–Kier alpha value is 0.110. The third kappa shape index (κ3) is 3.36. The van der Waals surface area contributed by atoms with Crippen LogP contribution in [0, 0.1) is 5.41 Å². The average molecular weight is 271 g/mol. The van der Waals surface area contributed by atoms with E-state index in [1.54, 1.807) is 0 Å². The minimum Gasteiger partial charge on any atom is -0.316 e. The fraction of sp³-hybridized carbons (Fsp3) is 1.00. The molecule has 2 nitrogen and oxygen atoms in total. The SMILES string of the molecule is CNC1CCC(C)(C)CC1S(=O)C1CCCCC1. The van der Waals surface area contributed by atoms with E-state index >= 15 is 0 Å². The highest BCUT2D eigenvalue weighted by Gasteiger charge is 2.39. The van der Waals surface area contributed by atoms with Gasteiger partial charge in [0, 0.05) is 22.1 Å². The highest BCUT2D eigenvalue weighted by Crippen LogP contribution is 2.39. The first-order chi connectivity index (χ1) is 8.53. The molecular weight excluding hydrogens is 242 g/mol. The second-order valence-electron chi connectivity index (χ2n) is 6.93. The van der Waals surface area contributed by atoms with E-state index in [1.807, 2.05) is 7.05 Å². The molecule has 0 spiro atoms. The van der Waals surface area contributed by atoms with Gasteiger partial charge in [-0.15, -0.1) is 0 Å². The lowest BCUT2D eigenvalue weighted by Gasteiger charge is -2.41. The molecule has 0 saturated heterocycles. The van der Waals surface area contributed by atoms with Gasteiger partial charge in [0.05, 0.1) is 5.25 Å². The van der Waals surface area contributed by atoms with Gasteiger partial charge in [-0.2, -0.15) is 0 Å². The number of nitrogens with one attached hydrogen (secondary N) is 1. The molecule has 0 aromatic heterocycles. The molecule has 2 fully saturated rings. The van der Waals surface area contributed by atoms with Crippen LogP contribution in [0.15, 0.2) is 0 Å². The van der Waals surface area contributed by atoms with Crippen LogP contribution >= 0.6 is 0 Å². The Morgan fingerprint density at radius 2 is 1.78 bits per heavy atom. The molecule has 0 aromatic rings. The Morgan fingerprint density at radius 3 is 2.39 bits per heavy atom. The summed E-state index contributed by atoms with van der Waals surface area (Å²) in [5.41, 5.74) is 0.377. The first-order valence-corrected chi connectivity index (χ1v) is 8.88. The van der Waals surface area contributed by atoms with Gasteiger partial charge in [0.25, 0.3) is 0 Å². The van der Waals surface area contributed by atoms with Gasteiger partial charge >= 0.3 is 0 Å². The largest absolute Gasteiger partial charge is 0.316 e. The third-order valence-electron chi connectivity index (χ3n) is 4.88.